The van der Waals surface area contributed by atoms with Crippen LogP contribution in [0.15, 0.2) is 30.5 Å². The zero-order valence-corrected chi connectivity index (χ0v) is 8.58. The lowest BCUT2D eigenvalue weighted by Gasteiger charge is -2.03. The molecule has 0 fully saturated rings. The van der Waals surface area contributed by atoms with Gasteiger partial charge in [-0.1, -0.05) is 11.6 Å². The molecular weight excluding hydrogens is 198 g/mol. The lowest BCUT2D eigenvalue weighted by Crippen LogP contribution is -1.92. The van der Waals surface area contributed by atoms with Gasteiger partial charge in [-0.25, -0.2) is 0 Å². The van der Waals surface area contributed by atoms with Gasteiger partial charge in [-0.05, 0) is 31.2 Å². The molecule has 0 unspecified atom stereocenters. The van der Waals surface area contributed by atoms with Crippen molar-refractivity contribution in [2.45, 2.75) is 6.92 Å². The fourth-order valence-corrected chi connectivity index (χ4v) is 1.51. The summed E-state index contributed by atoms with van der Waals surface area (Å²) in [5.41, 5.74) is 0.929. The van der Waals surface area contributed by atoms with Crippen LogP contribution in [0.25, 0.3) is 10.9 Å². The second-order valence-electron chi connectivity index (χ2n) is 2.94. The minimum atomic E-state index is 0.647. The Morgan fingerprint density at radius 3 is 3.00 bits per heavy atom. The Hall–Kier alpha value is -1.28. The predicted octanol–water partition coefficient (Wildman–Crippen LogP) is 3.29. The van der Waals surface area contributed by atoms with Crippen molar-refractivity contribution < 1.29 is 4.74 Å². The van der Waals surface area contributed by atoms with Gasteiger partial charge >= 0.3 is 0 Å². The zero-order valence-electron chi connectivity index (χ0n) is 7.83. The molecule has 1 aromatic heterocycles. The van der Waals surface area contributed by atoms with Gasteiger partial charge in [-0.2, -0.15) is 0 Å². The van der Waals surface area contributed by atoms with Crippen LogP contribution in [0.3, 0.4) is 0 Å². The van der Waals surface area contributed by atoms with Crippen LogP contribution in [0.4, 0.5) is 0 Å². The van der Waals surface area contributed by atoms with E-state index in [4.69, 9.17) is 16.3 Å². The molecule has 0 radical (unpaired) electrons. The van der Waals surface area contributed by atoms with Gasteiger partial charge in [0.15, 0.2) is 0 Å². The predicted molar refractivity (Wildman–Crippen MR) is 57.9 cm³/mol. The van der Waals surface area contributed by atoms with Crippen molar-refractivity contribution in [3.63, 3.8) is 0 Å². The number of benzene rings is 1. The molecule has 0 spiro atoms. The van der Waals surface area contributed by atoms with Crippen molar-refractivity contribution in [2.75, 3.05) is 6.61 Å². The second kappa shape index (κ2) is 3.84. The summed E-state index contributed by atoms with van der Waals surface area (Å²) >= 11 is 5.88. The summed E-state index contributed by atoms with van der Waals surface area (Å²) in [6.07, 6.45) is 1.72. The van der Waals surface area contributed by atoms with Gasteiger partial charge in [0.05, 0.1) is 18.3 Å². The van der Waals surface area contributed by atoms with Gasteiger partial charge in [0.2, 0.25) is 0 Å². The molecule has 1 aromatic carbocycles. The highest BCUT2D eigenvalue weighted by Gasteiger charge is 1.98. The summed E-state index contributed by atoms with van der Waals surface area (Å²) in [4.78, 5) is 4.26. The van der Waals surface area contributed by atoms with Gasteiger partial charge in [0.1, 0.15) is 5.75 Å². The fourth-order valence-electron chi connectivity index (χ4n) is 1.33. The molecule has 0 amide bonds. The van der Waals surface area contributed by atoms with Crippen LogP contribution < -0.4 is 4.74 Å². The average Bonchev–Trinajstić information content (AvgIpc) is 2.17. The molecule has 0 bridgehead atoms. The lowest BCUT2D eigenvalue weighted by molar-refractivity contribution is 0.339. The van der Waals surface area contributed by atoms with Crippen molar-refractivity contribution in [1.82, 2.24) is 4.98 Å². The van der Waals surface area contributed by atoms with Gasteiger partial charge in [-0.3, -0.25) is 4.98 Å². The molecule has 2 aromatic rings. The first-order chi connectivity index (χ1) is 6.79. The van der Waals surface area contributed by atoms with E-state index in [1.54, 1.807) is 6.20 Å². The third-order valence-electron chi connectivity index (χ3n) is 1.93. The van der Waals surface area contributed by atoms with Crippen LogP contribution in [-0.4, -0.2) is 11.6 Å². The summed E-state index contributed by atoms with van der Waals surface area (Å²) in [5, 5.41) is 1.72. The van der Waals surface area contributed by atoms with Crippen molar-refractivity contribution >= 4 is 22.5 Å². The number of halogens is 1. The van der Waals surface area contributed by atoms with Crippen molar-refractivity contribution in [1.29, 1.82) is 0 Å². The molecule has 0 saturated carbocycles. The molecule has 3 heteroatoms. The van der Waals surface area contributed by atoms with Crippen LogP contribution in [0, 0.1) is 0 Å². The first-order valence-corrected chi connectivity index (χ1v) is 4.85. The Labute approximate surface area is 87.5 Å². The van der Waals surface area contributed by atoms with E-state index < -0.39 is 0 Å². The topological polar surface area (TPSA) is 22.1 Å². The van der Waals surface area contributed by atoms with Crippen LogP contribution in [-0.2, 0) is 0 Å². The zero-order chi connectivity index (χ0) is 9.97. The fraction of sp³-hybridized carbons (Fsp3) is 0.182. The summed E-state index contributed by atoms with van der Waals surface area (Å²) in [6.45, 7) is 2.59. The Morgan fingerprint density at radius 1 is 1.36 bits per heavy atom. The van der Waals surface area contributed by atoms with Crippen LogP contribution >= 0.6 is 11.6 Å². The number of aromatic nitrogens is 1. The van der Waals surface area contributed by atoms with Crippen LogP contribution in [0.1, 0.15) is 6.92 Å². The first-order valence-electron chi connectivity index (χ1n) is 4.47. The number of hydrogen-bond acceptors (Lipinski definition) is 2. The standard InChI is InChI=1S/C11H10ClNO/c1-2-14-10-6-8-5-9(12)3-4-11(8)13-7-10/h3-7H,2H2,1H3. The highest BCUT2D eigenvalue weighted by molar-refractivity contribution is 6.31. The maximum atomic E-state index is 5.88. The Morgan fingerprint density at radius 2 is 2.21 bits per heavy atom. The maximum Gasteiger partial charge on any atom is 0.138 e. The summed E-state index contributed by atoms with van der Waals surface area (Å²) in [7, 11) is 0. The molecule has 0 N–H and O–H groups in total. The number of ether oxygens (including phenoxy) is 1. The third kappa shape index (κ3) is 1.80. The monoisotopic (exact) mass is 207 g/mol. The largest absolute Gasteiger partial charge is 0.492 e. The van der Waals surface area contributed by atoms with E-state index in [-0.39, 0.29) is 0 Å². The molecule has 72 valence electrons. The molecule has 0 aliphatic heterocycles. The summed E-state index contributed by atoms with van der Waals surface area (Å²) < 4.78 is 5.35. The normalized spacial score (nSPS) is 10.4. The smallest absolute Gasteiger partial charge is 0.138 e. The number of rotatable bonds is 2. The van der Waals surface area contributed by atoms with E-state index in [1.165, 1.54) is 0 Å². The van der Waals surface area contributed by atoms with E-state index in [9.17, 15) is 0 Å². The van der Waals surface area contributed by atoms with Crippen molar-refractivity contribution in [2.24, 2.45) is 0 Å². The van der Waals surface area contributed by atoms with E-state index in [1.807, 2.05) is 31.2 Å². The molecule has 2 nitrogen and oxygen atoms in total. The van der Waals surface area contributed by atoms with Crippen molar-refractivity contribution in [3.05, 3.63) is 35.5 Å². The SMILES string of the molecule is CCOc1cnc2ccc(Cl)cc2c1. The van der Waals surface area contributed by atoms with E-state index in [2.05, 4.69) is 4.98 Å². The average molecular weight is 208 g/mol. The quantitative estimate of drug-likeness (QED) is 0.754. The Kier molecular flexibility index (Phi) is 2.55. The minimum absolute atomic E-state index is 0.647. The lowest BCUT2D eigenvalue weighted by atomic mass is 10.2. The molecular formula is C11H10ClNO. The third-order valence-corrected chi connectivity index (χ3v) is 2.16. The maximum absolute atomic E-state index is 5.88. The first kappa shape index (κ1) is 9.28. The van der Waals surface area contributed by atoms with Crippen LogP contribution in [0.2, 0.25) is 5.02 Å². The van der Waals surface area contributed by atoms with E-state index in [0.29, 0.717) is 11.6 Å². The molecule has 2 rings (SSSR count). The highest BCUT2D eigenvalue weighted by Crippen LogP contribution is 2.21. The molecule has 0 aliphatic carbocycles. The molecule has 0 saturated heterocycles. The van der Waals surface area contributed by atoms with Gasteiger partial charge in [-0.15, -0.1) is 0 Å². The van der Waals surface area contributed by atoms with Gasteiger partial charge in [0.25, 0.3) is 0 Å². The Bertz CT molecular complexity index is 456. The number of hydrogen-bond donors (Lipinski definition) is 0. The van der Waals surface area contributed by atoms with Gasteiger partial charge in [0, 0.05) is 10.4 Å². The molecule has 0 atom stereocenters. The van der Waals surface area contributed by atoms with Gasteiger partial charge < -0.3 is 4.74 Å². The number of fused-ring (bicyclic) bond motifs is 1. The number of pyridine rings is 1. The van der Waals surface area contributed by atoms with E-state index in [0.717, 1.165) is 16.7 Å². The summed E-state index contributed by atoms with van der Waals surface area (Å²) in [5.74, 6) is 0.780. The minimum Gasteiger partial charge on any atom is -0.492 e. The highest BCUT2D eigenvalue weighted by atomic mass is 35.5. The summed E-state index contributed by atoms with van der Waals surface area (Å²) in [6, 6.07) is 7.55. The van der Waals surface area contributed by atoms with Crippen molar-refractivity contribution in [3.8, 4) is 5.75 Å². The second-order valence-corrected chi connectivity index (χ2v) is 3.38. The number of nitrogens with zero attached hydrogens (tertiary/aromatic N) is 1. The molecule has 1 heterocycles. The molecule has 0 aliphatic rings. The molecule has 14 heavy (non-hydrogen) atoms. The van der Waals surface area contributed by atoms with Crippen LogP contribution in [0.5, 0.6) is 5.75 Å². The van der Waals surface area contributed by atoms with E-state index >= 15 is 0 Å². The Balaban J connectivity index is 2.52.